The number of aliphatic imine (C=N–C) groups is 2. The molecule has 0 amide bonds. The maximum Gasteiger partial charge on any atom is 0.126 e. The van der Waals surface area contributed by atoms with Crippen molar-refractivity contribution in [3.8, 4) is 0 Å². The third-order valence-electron chi connectivity index (χ3n) is 3.21. The predicted octanol–water partition coefficient (Wildman–Crippen LogP) is 3.11. The molecule has 0 bridgehead atoms. The maximum absolute atomic E-state index is 6.13. The molecule has 2 heterocycles. The van der Waals surface area contributed by atoms with Crippen LogP contribution in [0.1, 0.15) is 11.3 Å². The first-order valence-corrected chi connectivity index (χ1v) is 6.76. The average molecular weight is 287 g/mol. The van der Waals surface area contributed by atoms with Crippen molar-refractivity contribution in [1.29, 1.82) is 0 Å². The molecule has 0 atom stereocenters. The van der Waals surface area contributed by atoms with Crippen LogP contribution in [0.4, 0.5) is 5.69 Å². The van der Waals surface area contributed by atoms with Crippen LogP contribution >= 0.6 is 11.6 Å². The quantitative estimate of drug-likeness (QED) is 0.860. The number of nitrogens with zero attached hydrogens (tertiary/aromatic N) is 3. The molecule has 0 saturated heterocycles. The van der Waals surface area contributed by atoms with E-state index in [0.29, 0.717) is 11.6 Å². The number of fused-ring (bicyclic) bond motifs is 1. The van der Waals surface area contributed by atoms with Crippen molar-refractivity contribution in [2.45, 2.75) is 0 Å². The van der Waals surface area contributed by atoms with E-state index in [4.69, 9.17) is 21.6 Å². The van der Waals surface area contributed by atoms with E-state index in [0.717, 1.165) is 28.5 Å². The summed E-state index contributed by atoms with van der Waals surface area (Å²) in [5.41, 5.74) is 3.72. The van der Waals surface area contributed by atoms with E-state index in [2.05, 4.69) is 4.98 Å². The SMILES string of the molecule is CN(C)C1=Nc2ccc(Cl)cc2C(c2ccc[nH]2)=NC1. The van der Waals surface area contributed by atoms with Crippen molar-refractivity contribution in [3.63, 3.8) is 0 Å². The number of halogens is 1. The number of amidine groups is 1. The van der Waals surface area contributed by atoms with Crippen molar-refractivity contribution in [1.82, 2.24) is 9.88 Å². The summed E-state index contributed by atoms with van der Waals surface area (Å²) in [7, 11) is 3.95. The second-order valence-electron chi connectivity index (χ2n) is 4.83. The number of aromatic amines is 1. The van der Waals surface area contributed by atoms with Crippen molar-refractivity contribution >= 4 is 28.8 Å². The summed E-state index contributed by atoms with van der Waals surface area (Å²) in [6, 6.07) is 9.67. The number of likely N-dealkylation sites (N-methyl/N-ethyl adjacent to an activating group) is 1. The second-order valence-corrected chi connectivity index (χ2v) is 5.27. The lowest BCUT2D eigenvalue weighted by Gasteiger charge is -2.12. The van der Waals surface area contributed by atoms with Gasteiger partial charge in [0, 0.05) is 30.9 Å². The van der Waals surface area contributed by atoms with Gasteiger partial charge in [-0.15, -0.1) is 0 Å². The van der Waals surface area contributed by atoms with E-state index >= 15 is 0 Å². The highest BCUT2D eigenvalue weighted by Gasteiger charge is 2.17. The Morgan fingerprint density at radius 3 is 2.80 bits per heavy atom. The molecule has 5 heteroatoms. The predicted molar refractivity (Wildman–Crippen MR) is 83.5 cm³/mol. The molecule has 1 aromatic carbocycles. The Hall–Kier alpha value is -2.07. The van der Waals surface area contributed by atoms with Gasteiger partial charge in [-0.05, 0) is 30.3 Å². The third kappa shape index (κ3) is 2.34. The molecular formula is C15H15ClN4. The molecule has 0 spiro atoms. The van der Waals surface area contributed by atoms with Gasteiger partial charge in [-0.2, -0.15) is 0 Å². The Kier molecular flexibility index (Phi) is 3.32. The van der Waals surface area contributed by atoms with Crippen LogP contribution in [0.15, 0.2) is 46.5 Å². The number of benzene rings is 1. The van der Waals surface area contributed by atoms with Gasteiger partial charge in [0.15, 0.2) is 0 Å². The van der Waals surface area contributed by atoms with Gasteiger partial charge in [-0.3, -0.25) is 4.99 Å². The zero-order valence-corrected chi connectivity index (χ0v) is 12.1. The van der Waals surface area contributed by atoms with Gasteiger partial charge >= 0.3 is 0 Å². The maximum atomic E-state index is 6.13. The minimum atomic E-state index is 0.549. The Bertz CT molecular complexity index is 684. The fraction of sp³-hybridized carbons (Fsp3) is 0.200. The summed E-state index contributed by atoms with van der Waals surface area (Å²) in [5.74, 6) is 0.926. The first-order chi connectivity index (χ1) is 9.65. The summed E-state index contributed by atoms with van der Waals surface area (Å²) in [4.78, 5) is 14.6. The fourth-order valence-corrected chi connectivity index (χ4v) is 2.33. The molecule has 2 aromatic rings. The van der Waals surface area contributed by atoms with Gasteiger partial charge in [0.2, 0.25) is 0 Å². The normalized spacial score (nSPS) is 14.2. The zero-order chi connectivity index (χ0) is 14.1. The first kappa shape index (κ1) is 12.9. The average Bonchev–Trinajstić information content (AvgIpc) is 2.87. The summed E-state index contributed by atoms with van der Waals surface area (Å²) in [6.07, 6.45) is 1.89. The lowest BCUT2D eigenvalue weighted by atomic mass is 10.1. The molecule has 4 nitrogen and oxygen atoms in total. The lowest BCUT2D eigenvalue weighted by Crippen LogP contribution is -2.24. The standard InChI is InChI=1S/C15H15ClN4/c1-20(2)14-9-18-15(13-4-3-7-17-13)11-8-10(16)5-6-12(11)19-14/h3-8,17H,9H2,1-2H3. The van der Waals surface area contributed by atoms with Crippen LogP contribution in [0.25, 0.3) is 0 Å². The van der Waals surface area contributed by atoms with Crippen LogP contribution in [0, 0.1) is 0 Å². The van der Waals surface area contributed by atoms with Crippen LogP contribution in [-0.4, -0.2) is 42.1 Å². The van der Waals surface area contributed by atoms with Crippen LogP contribution in [0.2, 0.25) is 5.02 Å². The zero-order valence-electron chi connectivity index (χ0n) is 11.4. The molecular weight excluding hydrogens is 272 g/mol. The smallest absolute Gasteiger partial charge is 0.126 e. The van der Waals surface area contributed by atoms with E-state index in [1.807, 2.05) is 55.5 Å². The van der Waals surface area contributed by atoms with E-state index < -0.39 is 0 Å². The van der Waals surface area contributed by atoms with Gasteiger partial charge in [0.1, 0.15) is 5.84 Å². The van der Waals surface area contributed by atoms with Crippen molar-refractivity contribution in [2.24, 2.45) is 9.98 Å². The molecule has 1 aliphatic heterocycles. The molecule has 0 unspecified atom stereocenters. The molecule has 3 rings (SSSR count). The molecule has 0 radical (unpaired) electrons. The van der Waals surface area contributed by atoms with E-state index in [-0.39, 0.29) is 0 Å². The Morgan fingerprint density at radius 1 is 1.25 bits per heavy atom. The first-order valence-electron chi connectivity index (χ1n) is 6.38. The van der Waals surface area contributed by atoms with Gasteiger partial charge in [0.25, 0.3) is 0 Å². The van der Waals surface area contributed by atoms with Crippen molar-refractivity contribution in [2.75, 3.05) is 20.6 Å². The van der Waals surface area contributed by atoms with Crippen LogP contribution in [0.3, 0.4) is 0 Å². The van der Waals surface area contributed by atoms with Crippen LogP contribution in [0.5, 0.6) is 0 Å². The third-order valence-corrected chi connectivity index (χ3v) is 3.45. The van der Waals surface area contributed by atoms with Crippen LogP contribution in [-0.2, 0) is 0 Å². The van der Waals surface area contributed by atoms with Gasteiger partial charge < -0.3 is 9.88 Å². The topological polar surface area (TPSA) is 43.8 Å². The van der Waals surface area contributed by atoms with Gasteiger partial charge in [-0.1, -0.05) is 11.6 Å². The summed E-state index contributed by atoms with van der Waals surface area (Å²) < 4.78 is 0. The van der Waals surface area contributed by atoms with E-state index in [1.54, 1.807) is 0 Å². The number of hydrogen-bond acceptors (Lipinski definition) is 3. The monoisotopic (exact) mass is 286 g/mol. The second kappa shape index (κ2) is 5.13. The largest absolute Gasteiger partial charge is 0.365 e. The minimum absolute atomic E-state index is 0.549. The molecule has 1 aromatic heterocycles. The molecule has 20 heavy (non-hydrogen) atoms. The molecule has 1 N–H and O–H groups in total. The molecule has 0 fully saturated rings. The number of aromatic nitrogens is 1. The van der Waals surface area contributed by atoms with Crippen LogP contribution < -0.4 is 0 Å². The molecule has 1 aliphatic rings. The highest BCUT2D eigenvalue weighted by Crippen LogP contribution is 2.28. The fourth-order valence-electron chi connectivity index (χ4n) is 2.15. The molecule has 102 valence electrons. The number of H-pyrrole nitrogens is 1. The number of nitrogens with one attached hydrogen (secondary N) is 1. The van der Waals surface area contributed by atoms with E-state index in [1.165, 1.54) is 0 Å². The van der Waals surface area contributed by atoms with Gasteiger partial charge in [-0.25, -0.2) is 4.99 Å². The molecule has 0 saturated carbocycles. The van der Waals surface area contributed by atoms with Gasteiger partial charge in [0.05, 0.1) is 23.6 Å². The molecule has 0 aliphatic carbocycles. The Labute approximate surface area is 122 Å². The Morgan fingerprint density at radius 2 is 2.10 bits per heavy atom. The van der Waals surface area contributed by atoms with Crippen molar-refractivity contribution in [3.05, 3.63) is 52.8 Å². The number of rotatable bonds is 1. The number of hydrogen-bond donors (Lipinski definition) is 1. The summed E-state index contributed by atoms with van der Waals surface area (Å²) >= 11 is 6.13. The van der Waals surface area contributed by atoms with Crippen molar-refractivity contribution < 1.29 is 0 Å². The highest BCUT2D eigenvalue weighted by molar-refractivity contribution is 6.31. The minimum Gasteiger partial charge on any atom is -0.365 e. The summed E-state index contributed by atoms with van der Waals surface area (Å²) in [6.45, 7) is 0.549. The Balaban J connectivity index is 2.19. The summed E-state index contributed by atoms with van der Waals surface area (Å²) in [5, 5.41) is 0.687. The highest BCUT2D eigenvalue weighted by atomic mass is 35.5. The lowest BCUT2D eigenvalue weighted by molar-refractivity contribution is 0.613. The van der Waals surface area contributed by atoms with E-state index in [9.17, 15) is 0 Å².